The van der Waals surface area contributed by atoms with Gasteiger partial charge in [-0.15, -0.1) is 0 Å². The number of nitrogens with one attached hydrogen (secondary N) is 2. The number of hydrogen-bond donors (Lipinski definition) is 4. The molecule has 5 nitrogen and oxygen atoms in total. The molecule has 82 valence electrons. The van der Waals surface area contributed by atoms with Gasteiger partial charge in [0, 0.05) is 17.9 Å². The zero-order valence-electron chi connectivity index (χ0n) is 8.49. The van der Waals surface area contributed by atoms with Gasteiger partial charge < -0.3 is 22.1 Å². The fourth-order valence-corrected chi connectivity index (χ4v) is 1.15. The smallest absolute Gasteiger partial charge is 0.316 e. The molecule has 0 heterocycles. The number of primary amides is 1. The lowest BCUT2D eigenvalue weighted by Gasteiger charge is -2.06. The second-order valence-electron chi connectivity index (χ2n) is 3.14. The van der Waals surface area contributed by atoms with Crippen molar-refractivity contribution in [2.75, 3.05) is 23.7 Å². The van der Waals surface area contributed by atoms with E-state index in [1.165, 1.54) is 0 Å². The maximum absolute atomic E-state index is 10.5. The van der Waals surface area contributed by atoms with Crippen molar-refractivity contribution in [2.45, 2.75) is 6.42 Å². The highest BCUT2D eigenvalue weighted by atomic mass is 16.2. The summed E-state index contributed by atoms with van der Waals surface area (Å²) < 4.78 is 0. The molecular formula is C10H16N4O. The largest absolute Gasteiger partial charge is 0.385 e. The monoisotopic (exact) mass is 208 g/mol. The van der Waals surface area contributed by atoms with Crippen LogP contribution in [0, 0.1) is 0 Å². The first kappa shape index (κ1) is 11.3. The van der Waals surface area contributed by atoms with Crippen molar-refractivity contribution in [3.63, 3.8) is 0 Å². The van der Waals surface area contributed by atoms with Crippen molar-refractivity contribution in [1.29, 1.82) is 0 Å². The van der Waals surface area contributed by atoms with Crippen molar-refractivity contribution in [3.8, 4) is 0 Å². The van der Waals surface area contributed by atoms with E-state index in [0.29, 0.717) is 12.2 Å². The van der Waals surface area contributed by atoms with Crippen molar-refractivity contribution in [3.05, 3.63) is 24.3 Å². The van der Waals surface area contributed by atoms with E-state index in [4.69, 9.17) is 11.5 Å². The standard InChI is InChI=1S/C10H16N4O/c11-6-1-7-13-8-2-4-9(5-3-8)14-10(12)15/h2-5,13H,1,6-7,11H2,(H3,12,14,15). The van der Waals surface area contributed by atoms with Crippen LogP contribution in [0.1, 0.15) is 6.42 Å². The lowest BCUT2D eigenvalue weighted by molar-refractivity contribution is 0.259. The van der Waals surface area contributed by atoms with Gasteiger partial charge in [-0.25, -0.2) is 4.79 Å². The topological polar surface area (TPSA) is 93.2 Å². The lowest BCUT2D eigenvalue weighted by atomic mass is 10.2. The predicted octanol–water partition coefficient (Wildman–Crippen LogP) is 0.938. The Bertz CT molecular complexity index is 310. The summed E-state index contributed by atoms with van der Waals surface area (Å²) in [6.45, 7) is 1.52. The van der Waals surface area contributed by atoms with E-state index in [9.17, 15) is 4.79 Å². The molecule has 0 spiro atoms. The van der Waals surface area contributed by atoms with Gasteiger partial charge in [0.05, 0.1) is 0 Å². The second-order valence-corrected chi connectivity index (χ2v) is 3.14. The Morgan fingerprint density at radius 2 is 1.80 bits per heavy atom. The van der Waals surface area contributed by atoms with Crippen LogP contribution in [0.15, 0.2) is 24.3 Å². The van der Waals surface area contributed by atoms with Crippen LogP contribution < -0.4 is 22.1 Å². The van der Waals surface area contributed by atoms with Crippen LogP contribution in [0.5, 0.6) is 0 Å². The Hall–Kier alpha value is -1.75. The molecule has 2 amide bonds. The number of rotatable bonds is 5. The first-order valence-corrected chi connectivity index (χ1v) is 4.83. The summed E-state index contributed by atoms with van der Waals surface area (Å²) in [5.41, 5.74) is 12.0. The number of urea groups is 1. The van der Waals surface area contributed by atoms with Crippen LogP contribution in [0.2, 0.25) is 0 Å². The number of anilines is 2. The summed E-state index contributed by atoms with van der Waals surface area (Å²) in [7, 11) is 0. The number of carbonyl (C=O) groups is 1. The molecule has 6 N–H and O–H groups in total. The molecule has 0 atom stereocenters. The molecule has 0 bridgehead atoms. The molecule has 0 saturated heterocycles. The Kier molecular flexibility index (Phi) is 4.43. The number of hydrogen-bond acceptors (Lipinski definition) is 3. The van der Waals surface area contributed by atoms with Gasteiger partial charge in [0.25, 0.3) is 0 Å². The van der Waals surface area contributed by atoms with E-state index in [-0.39, 0.29) is 0 Å². The van der Waals surface area contributed by atoms with Crippen LogP contribution >= 0.6 is 0 Å². The average molecular weight is 208 g/mol. The van der Waals surface area contributed by atoms with Gasteiger partial charge >= 0.3 is 6.03 Å². The van der Waals surface area contributed by atoms with E-state index in [1.54, 1.807) is 12.1 Å². The maximum Gasteiger partial charge on any atom is 0.316 e. The molecular weight excluding hydrogens is 192 g/mol. The molecule has 0 fully saturated rings. The zero-order chi connectivity index (χ0) is 11.1. The highest BCUT2D eigenvalue weighted by Gasteiger charge is 1.95. The molecule has 0 unspecified atom stereocenters. The average Bonchev–Trinajstić information content (AvgIpc) is 2.20. The molecule has 1 aromatic rings. The van der Waals surface area contributed by atoms with Gasteiger partial charge in [-0.1, -0.05) is 0 Å². The summed E-state index contributed by atoms with van der Waals surface area (Å²) in [5, 5.41) is 5.69. The normalized spacial score (nSPS) is 9.67. The number of benzene rings is 1. The van der Waals surface area contributed by atoms with E-state index in [1.807, 2.05) is 12.1 Å². The Morgan fingerprint density at radius 1 is 1.20 bits per heavy atom. The van der Waals surface area contributed by atoms with Gasteiger partial charge in [0.2, 0.25) is 0 Å². The third kappa shape index (κ3) is 4.33. The number of amides is 2. The maximum atomic E-state index is 10.5. The van der Waals surface area contributed by atoms with E-state index >= 15 is 0 Å². The fourth-order valence-electron chi connectivity index (χ4n) is 1.15. The van der Waals surface area contributed by atoms with Crippen LogP contribution in [0.4, 0.5) is 16.2 Å². The Balaban J connectivity index is 2.45. The molecule has 0 radical (unpaired) electrons. The molecule has 0 aliphatic carbocycles. The summed E-state index contributed by atoms with van der Waals surface area (Å²) in [6.07, 6.45) is 0.932. The molecule has 0 aliphatic rings. The first-order chi connectivity index (χ1) is 7.22. The van der Waals surface area contributed by atoms with Crippen LogP contribution in [-0.2, 0) is 0 Å². The first-order valence-electron chi connectivity index (χ1n) is 4.83. The van der Waals surface area contributed by atoms with E-state index in [0.717, 1.165) is 18.7 Å². The molecule has 5 heteroatoms. The molecule has 0 saturated carbocycles. The summed E-state index contributed by atoms with van der Waals surface area (Å²) >= 11 is 0. The van der Waals surface area contributed by atoms with Crippen LogP contribution in [-0.4, -0.2) is 19.1 Å². The lowest BCUT2D eigenvalue weighted by Crippen LogP contribution is -2.19. The van der Waals surface area contributed by atoms with E-state index in [2.05, 4.69) is 10.6 Å². The molecule has 0 aromatic heterocycles. The van der Waals surface area contributed by atoms with Crippen molar-refractivity contribution in [1.82, 2.24) is 0 Å². The molecule has 1 aromatic carbocycles. The Morgan fingerprint density at radius 3 is 2.33 bits per heavy atom. The number of nitrogens with two attached hydrogens (primary N) is 2. The number of carbonyl (C=O) groups excluding carboxylic acids is 1. The third-order valence-corrected chi connectivity index (χ3v) is 1.86. The minimum absolute atomic E-state index is 0.557. The van der Waals surface area contributed by atoms with Gasteiger partial charge in [-0.3, -0.25) is 0 Å². The highest BCUT2D eigenvalue weighted by molar-refractivity contribution is 5.87. The summed E-state index contributed by atoms with van der Waals surface area (Å²) in [6, 6.07) is 6.77. The van der Waals surface area contributed by atoms with Crippen molar-refractivity contribution in [2.24, 2.45) is 11.5 Å². The van der Waals surface area contributed by atoms with Gasteiger partial charge in [0.15, 0.2) is 0 Å². The molecule has 15 heavy (non-hydrogen) atoms. The van der Waals surface area contributed by atoms with Crippen LogP contribution in [0.3, 0.4) is 0 Å². The SMILES string of the molecule is NCCCNc1ccc(NC(N)=O)cc1. The minimum Gasteiger partial charge on any atom is -0.385 e. The fraction of sp³-hybridized carbons (Fsp3) is 0.300. The van der Waals surface area contributed by atoms with Crippen LogP contribution in [0.25, 0.3) is 0 Å². The van der Waals surface area contributed by atoms with Gasteiger partial charge in [-0.05, 0) is 37.2 Å². The molecule has 1 rings (SSSR count). The van der Waals surface area contributed by atoms with E-state index < -0.39 is 6.03 Å². The zero-order valence-corrected chi connectivity index (χ0v) is 8.49. The van der Waals surface area contributed by atoms with Gasteiger partial charge in [-0.2, -0.15) is 0 Å². The summed E-state index contributed by atoms with van der Waals surface area (Å²) in [5.74, 6) is 0. The second kappa shape index (κ2) is 5.87. The third-order valence-electron chi connectivity index (χ3n) is 1.86. The van der Waals surface area contributed by atoms with Gasteiger partial charge in [0.1, 0.15) is 0 Å². The minimum atomic E-state index is -0.557. The highest BCUT2D eigenvalue weighted by Crippen LogP contribution is 2.12. The van der Waals surface area contributed by atoms with Crippen molar-refractivity contribution < 1.29 is 4.79 Å². The Labute approximate surface area is 88.8 Å². The summed E-state index contributed by atoms with van der Waals surface area (Å²) in [4.78, 5) is 10.5. The predicted molar refractivity (Wildman–Crippen MR) is 61.8 cm³/mol. The van der Waals surface area contributed by atoms with Crippen molar-refractivity contribution >= 4 is 17.4 Å². The molecule has 0 aliphatic heterocycles. The quantitative estimate of drug-likeness (QED) is 0.542.